The fourth-order valence-electron chi connectivity index (χ4n) is 1.38. The Hall–Kier alpha value is -0.610. The zero-order chi connectivity index (χ0) is 13.3. The van der Waals surface area contributed by atoms with Crippen LogP contribution < -0.4 is 10.6 Å². The van der Waals surface area contributed by atoms with Crippen LogP contribution in [0.15, 0.2) is 0 Å². The van der Waals surface area contributed by atoms with Gasteiger partial charge in [-0.2, -0.15) is 0 Å². The predicted molar refractivity (Wildman–Crippen MR) is 71.0 cm³/mol. The molecular weight excluding hydrogens is 216 g/mol. The number of hydrogen-bond acceptors (Lipinski definition) is 3. The molecule has 0 radical (unpaired) electrons. The fourth-order valence-corrected chi connectivity index (χ4v) is 1.38. The molecule has 4 heteroatoms. The molecule has 0 spiro atoms. The van der Waals surface area contributed by atoms with Crippen LogP contribution in [0.1, 0.15) is 41.0 Å². The summed E-state index contributed by atoms with van der Waals surface area (Å²) in [7, 11) is 0. The first-order valence-electron chi connectivity index (χ1n) is 6.61. The topological polar surface area (TPSA) is 50.4 Å². The molecule has 0 rings (SSSR count). The van der Waals surface area contributed by atoms with Crippen LogP contribution in [0.5, 0.6) is 0 Å². The van der Waals surface area contributed by atoms with E-state index in [0.717, 1.165) is 6.42 Å². The molecule has 1 amide bonds. The van der Waals surface area contributed by atoms with Gasteiger partial charge in [0.25, 0.3) is 0 Å². The maximum Gasteiger partial charge on any atom is 0.234 e. The lowest BCUT2D eigenvalue weighted by Crippen LogP contribution is -2.45. The second kappa shape index (κ2) is 9.42. The Morgan fingerprint density at radius 2 is 1.88 bits per heavy atom. The maximum absolute atomic E-state index is 11.6. The third-order valence-electron chi connectivity index (χ3n) is 2.85. The van der Waals surface area contributed by atoms with Gasteiger partial charge in [-0.25, -0.2) is 0 Å². The Labute approximate surface area is 105 Å². The van der Waals surface area contributed by atoms with E-state index in [1.54, 1.807) is 0 Å². The summed E-state index contributed by atoms with van der Waals surface area (Å²) in [5, 5.41) is 6.18. The molecule has 0 aromatic rings. The van der Waals surface area contributed by atoms with Crippen LogP contribution in [-0.2, 0) is 9.53 Å². The van der Waals surface area contributed by atoms with Crippen molar-refractivity contribution >= 4 is 5.91 Å². The third kappa shape index (κ3) is 8.16. The Bertz CT molecular complexity index is 208. The first-order valence-corrected chi connectivity index (χ1v) is 6.61. The molecule has 4 nitrogen and oxygen atoms in total. The van der Waals surface area contributed by atoms with Gasteiger partial charge in [0.2, 0.25) is 5.91 Å². The van der Waals surface area contributed by atoms with E-state index >= 15 is 0 Å². The molecule has 17 heavy (non-hydrogen) atoms. The zero-order valence-corrected chi connectivity index (χ0v) is 11.9. The number of ether oxygens (including phenoxy) is 1. The highest BCUT2D eigenvalue weighted by Gasteiger charge is 2.14. The number of carbonyl (C=O) groups excluding carboxylic acids is 1. The highest BCUT2D eigenvalue weighted by atomic mass is 16.5. The summed E-state index contributed by atoms with van der Waals surface area (Å²) in [5.41, 5.74) is 0. The van der Waals surface area contributed by atoms with Crippen molar-refractivity contribution in [3.63, 3.8) is 0 Å². The number of nitrogens with one attached hydrogen (secondary N) is 2. The summed E-state index contributed by atoms with van der Waals surface area (Å²) in [4.78, 5) is 11.6. The van der Waals surface area contributed by atoms with Gasteiger partial charge in [-0.05, 0) is 26.2 Å². The molecule has 2 unspecified atom stereocenters. The van der Waals surface area contributed by atoms with E-state index in [1.165, 1.54) is 0 Å². The van der Waals surface area contributed by atoms with Gasteiger partial charge >= 0.3 is 0 Å². The Morgan fingerprint density at radius 3 is 2.35 bits per heavy atom. The van der Waals surface area contributed by atoms with Crippen molar-refractivity contribution in [3.8, 4) is 0 Å². The van der Waals surface area contributed by atoms with E-state index < -0.39 is 0 Å². The van der Waals surface area contributed by atoms with Gasteiger partial charge in [0.05, 0.1) is 13.2 Å². The summed E-state index contributed by atoms with van der Waals surface area (Å²) in [6, 6.07) is 0.478. The first kappa shape index (κ1) is 16.4. The Kier molecular flexibility index (Phi) is 9.09. The average Bonchev–Trinajstić information content (AvgIpc) is 2.28. The molecule has 0 saturated carbocycles. The van der Waals surface area contributed by atoms with Gasteiger partial charge in [0, 0.05) is 18.7 Å². The molecule has 0 heterocycles. The lowest BCUT2D eigenvalue weighted by Gasteiger charge is -2.22. The molecule has 2 atom stereocenters. The molecule has 2 N–H and O–H groups in total. The second-order valence-electron chi connectivity index (χ2n) is 4.77. The third-order valence-corrected chi connectivity index (χ3v) is 2.85. The van der Waals surface area contributed by atoms with Crippen molar-refractivity contribution in [1.29, 1.82) is 0 Å². The number of rotatable bonds is 9. The van der Waals surface area contributed by atoms with Crippen LogP contribution in [0.25, 0.3) is 0 Å². The van der Waals surface area contributed by atoms with Crippen LogP contribution in [0.2, 0.25) is 0 Å². The Morgan fingerprint density at radius 1 is 1.24 bits per heavy atom. The fraction of sp³-hybridized carbons (Fsp3) is 0.923. The lowest BCUT2D eigenvalue weighted by molar-refractivity contribution is -0.121. The quantitative estimate of drug-likeness (QED) is 0.647. The van der Waals surface area contributed by atoms with Crippen LogP contribution in [0.4, 0.5) is 0 Å². The van der Waals surface area contributed by atoms with Crippen molar-refractivity contribution in [3.05, 3.63) is 0 Å². The SMILES string of the molecule is CCOCC(NCC(=O)NC(C)CC)C(C)C. The average molecular weight is 244 g/mol. The van der Waals surface area contributed by atoms with Crippen molar-refractivity contribution in [1.82, 2.24) is 10.6 Å². The van der Waals surface area contributed by atoms with Crippen LogP contribution in [-0.4, -0.2) is 37.7 Å². The van der Waals surface area contributed by atoms with Crippen molar-refractivity contribution in [2.45, 2.75) is 53.1 Å². The minimum absolute atomic E-state index is 0.0569. The van der Waals surface area contributed by atoms with Crippen LogP contribution in [0.3, 0.4) is 0 Å². The predicted octanol–water partition coefficient (Wildman–Crippen LogP) is 1.55. The molecule has 0 fully saturated rings. The van der Waals surface area contributed by atoms with Crippen molar-refractivity contribution in [2.24, 2.45) is 5.92 Å². The lowest BCUT2D eigenvalue weighted by atomic mass is 10.1. The van der Waals surface area contributed by atoms with E-state index in [2.05, 4.69) is 31.4 Å². The summed E-state index contributed by atoms with van der Waals surface area (Å²) in [5.74, 6) is 0.513. The zero-order valence-electron chi connectivity index (χ0n) is 11.9. The minimum Gasteiger partial charge on any atom is -0.380 e. The molecule has 0 aliphatic heterocycles. The highest BCUT2D eigenvalue weighted by Crippen LogP contribution is 2.01. The molecule has 102 valence electrons. The normalized spacial score (nSPS) is 14.7. The monoisotopic (exact) mass is 244 g/mol. The largest absolute Gasteiger partial charge is 0.380 e. The van der Waals surface area contributed by atoms with Crippen LogP contribution in [0, 0.1) is 5.92 Å². The van der Waals surface area contributed by atoms with Gasteiger partial charge in [-0.15, -0.1) is 0 Å². The van der Waals surface area contributed by atoms with E-state index in [4.69, 9.17) is 4.74 Å². The standard InChI is InChI=1S/C13H28N2O2/c1-6-11(5)15-13(16)8-14-12(10(3)4)9-17-7-2/h10-12,14H,6-9H2,1-5H3,(H,15,16). The van der Waals surface area contributed by atoms with E-state index in [0.29, 0.717) is 25.7 Å². The van der Waals surface area contributed by atoms with Gasteiger partial charge in [0.1, 0.15) is 0 Å². The molecular formula is C13H28N2O2. The van der Waals surface area contributed by atoms with Gasteiger partial charge in [-0.1, -0.05) is 20.8 Å². The van der Waals surface area contributed by atoms with Gasteiger partial charge in [0.15, 0.2) is 0 Å². The summed E-state index contributed by atoms with van der Waals surface area (Å²) in [6.07, 6.45) is 0.957. The maximum atomic E-state index is 11.6. The minimum atomic E-state index is 0.0569. The molecule has 0 aromatic heterocycles. The number of carbonyl (C=O) groups is 1. The molecule has 0 saturated heterocycles. The molecule has 0 bridgehead atoms. The number of hydrogen-bond donors (Lipinski definition) is 2. The number of amides is 1. The summed E-state index contributed by atoms with van der Waals surface area (Å²) < 4.78 is 5.40. The molecule has 0 aromatic carbocycles. The second-order valence-corrected chi connectivity index (χ2v) is 4.77. The highest BCUT2D eigenvalue weighted by molar-refractivity contribution is 5.78. The van der Waals surface area contributed by atoms with E-state index in [-0.39, 0.29) is 18.0 Å². The van der Waals surface area contributed by atoms with Gasteiger partial charge < -0.3 is 15.4 Å². The Balaban J connectivity index is 3.90. The van der Waals surface area contributed by atoms with Crippen molar-refractivity contribution in [2.75, 3.05) is 19.8 Å². The molecule has 0 aliphatic carbocycles. The van der Waals surface area contributed by atoms with E-state index in [1.807, 2.05) is 13.8 Å². The summed E-state index contributed by atoms with van der Waals surface area (Å²) in [6.45, 7) is 12.0. The first-order chi connectivity index (χ1) is 8.01. The molecule has 0 aliphatic rings. The van der Waals surface area contributed by atoms with E-state index in [9.17, 15) is 4.79 Å². The van der Waals surface area contributed by atoms with Crippen molar-refractivity contribution < 1.29 is 9.53 Å². The van der Waals surface area contributed by atoms with Gasteiger partial charge in [-0.3, -0.25) is 4.79 Å². The van der Waals surface area contributed by atoms with Crippen LogP contribution >= 0.6 is 0 Å². The smallest absolute Gasteiger partial charge is 0.234 e. The summed E-state index contributed by atoms with van der Waals surface area (Å²) >= 11 is 0.